The standard InChI is InChI=1S/C33H33BrN2O2S/c1-20-13-14-30(21(2)15-20)39-19-28-31(32(38)35-33(3,4)5)25-16-29(37)26(34)17-27(25)36(28)18-23-11-8-10-22-9-6-7-12-24(22)23/h6-17,37H,18-19H2,1-5H3,(H,35,38). The number of benzene rings is 4. The first kappa shape index (κ1) is 27.4. The van der Waals surface area contributed by atoms with E-state index < -0.39 is 5.54 Å². The SMILES string of the molecule is Cc1ccc(SCc2c(C(=O)NC(C)(C)C)c3cc(O)c(Br)cc3n2Cc2cccc3ccccc23)c(C)c1. The predicted octanol–water partition coefficient (Wildman–Crippen LogP) is 8.75. The Kier molecular flexibility index (Phi) is 7.53. The van der Waals surface area contributed by atoms with Crippen molar-refractivity contribution in [3.05, 3.63) is 105 Å². The van der Waals surface area contributed by atoms with Gasteiger partial charge in [-0.3, -0.25) is 4.79 Å². The Morgan fingerprint density at radius 3 is 2.46 bits per heavy atom. The second kappa shape index (κ2) is 10.7. The lowest BCUT2D eigenvalue weighted by atomic mass is 10.0. The monoisotopic (exact) mass is 600 g/mol. The summed E-state index contributed by atoms with van der Waals surface area (Å²) in [5, 5.41) is 17.0. The number of phenolic OH excluding ortho intramolecular Hbond substituents is 1. The molecule has 0 radical (unpaired) electrons. The number of carbonyl (C=O) groups excluding carboxylic acids is 1. The summed E-state index contributed by atoms with van der Waals surface area (Å²) in [6.45, 7) is 10.8. The number of carbonyl (C=O) groups is 1. The number of nitrogens with zero attached hydrogens (tertiary/aromatic N) is 1. The largest absolute Gasteiger partial charge is 0.507 e. The zero-order valence-electron chi connectivity index (χ0n) is 22.9. The molecule has 1 heterocycles. The molecule has 0 aliphatic carbocycles. The van der Waals surface area contributed by atoms with Gasteiger partial charge in [-0.1, -0.05) is 60.2 Å². The van der Waals surface area contributed by atoms with Crippen LogP contribution in [0.4, 0.5) is 0 Å². The highest BCUT2D eigenvalue weighted by molar-refractivity contribution is 9.10. The van der Waals surface area contributed by atoms with Crippen LogP contribution in [0.15, 0.2) is 82.2 Å². The van der Waals surface area contributed by atoms with E-state index in [1.165, 1.54) is 32.4 Å². The van der Waals surface area contributed by atoms with Crippen LogP contribution in [0.2, 0.25) is 0 Å². The zero-order valence-corrected chi connectivity index (χ0v) is 25.3. The maximum absolute atomic E-state index is 13.9. The van der Waals surface area contributed by atoms with Gasteiger partial charge in [0.25, 0.3) is 5.91 Å². The van der Waals surface area contributed by atoms with E-state index in [-0.39, 0.29) is 11.7 Å². The van der Waals surface area contributed by atoms with Gasteiger partial charge in [-0.25, -0.2) is 0 Å². The van der Waals surface area contributed by atoms with E-state index in [1.807, 2.05) is 26.8 Å². The molecule has 200 valence electrons. The second-order valence-corrected chi connectivity index (χ2v) is 13.0. The Hall–Kier alpha value is -3.22. The molecule has 5 aromatic rings. The third-order valence-electron chi connectivity index (χ3n) is 6.86. The zero-order chi connectivity index (χ0) is 27.9. The van der Waals surface area contributed by atoms with Crippen molar-refractivity contribution < 1.29 is 9.90 Å². The molecule has 1 amide bonds. The topological polar surface area (TPSA) is 54.3 Å². The van der Waals surface area contributed by atoms with Crippen LogP contribution in [0.5, 0.6) is 5.75 Å². The number of hydrogen-bond donors (Lipinski definition) is 2. The van der Waals surface area contributed by atoms with Gasteiger partial charge in [-0.2, -0.15) is 0 Å². The number of hydrogen-bond acceptors (Lipinski definition) is 3. The second-order valence-electron chi connectivity index (χ2n) is 11.1. The number of aromatic hydroxyl groups is 1. The van der Waals surface area contributed by atoms with Gasteiger partial charge in [-0.05, 0) is 90.6 Å². The highest BCUT2D eigenvalue weighted by Gasteiger charge is 2.27. The van der Waals surface area contributed by atoms with Crippen LogP contribution < -0.4 is 5.32 Å². The summed E-state index contributed by atoms with van der Waals surface area (Å²) in [6.07, 6.45) is 0. The predicted molar refractivity (Wildman–Crippen MR) is 167 cm³/mol. The lowest BCUT2D eigenvalue weighted by Gasteiger charge is -2.21. The van der Waals surface area contributed by atoms with E-state index in [2.05, 4.69) is 100 Å². The number of aryl methyl sites for hydroxylation is 2. The molecular weight excluding hydrogens is 568 g/mol. The van der Waals surface area contributed by atoms with Crippen LogP contribution >= 0.6 is 27.7 Å². The average Bonchev–Trinajstić information content (AvgIpc) is 3.15. The highest BCUT2D eigenvalue weighted by Crippen LogP contribution is 2.38. The van der Waals surface area contributed by atoms with Crippen LogP contribution in [0.3, 0.4) is 0 Å². The van der Waals surface area contributed by atoms with Crippen LogP contribution in [0.25, 0.3) is 21.7 Å². The van der Waals surface area contributed by atoms with Crippen molar-refractivity contribution >= 4 is 55.3 Å². The summed E-state index contributed by atoms with van der Waals surface area (Å²) in [5.74, 6) is 0.583. The Labute approximate surface area is 242 Å². The van der Waals surface area contributed by atoms with Gasteiger partial charge in [0, 0.05) is 33.8 Å². The summed E-state index contributed by atoms with van der Waals surface area (Å²) < 4.78 is 2.85. The lowest BCUT2D eigenvalue weighted by molar-refractivity contribution is 0.0920. The van der Waals surface area contributed by atoms with Crippen molar-refractivity contribution in [1.82, 2.24) is 9.88 Å². The molecule has 0 spiro atoms. The fourth-order valence-corrected chi connectivity index (χ4v) is 6.48. The molecule has 0 bridgehead atoms. The molecule has 1 aromatic heterocycles. The Balaban J connectivity index is 1.72. The molecule has 4 aromatic carbocycles. The molecule has 0 aliphatic rings. The molecule has 5 rings (SSSR count). The van der Waals surface area contributed by atoms with Gasteiger partial charge in [0.2, 0.25) is 0 Å². The van der Waals surface area contributed by atoms with Gasteiger partial charge in [0.1, 0.15) is 5.75 Å². The van der Waals surface area contributed by atoms with Crippen molar-refractivity contribution in [2.24, 2.45) is 0 Å². The summed E-state index contributed by atoms with van der Waals surface area (Å²) in [7, 11) is 0. The number of fused-ring (bicyclic) bond motifs is 2. The van der Waals surface area contributed by atoms with Crippen molar-refractivity contribution in [2.75, 3.05) is 0 Å². The van der Waals surface area contributed by atoms with Crippen LogP contribution in [0.1, 0.15) is 53.5 Å². The fraction of sp³-hybridized carbons (Fsp3) is 0.242. The minimum Gasteiger partial charge on any atom is -0.507 e. The maximum Gasteiger partial charge on any atom is 0.254 e. The number of thioether (sulfide) groups is 1. The number of rotatable bonds is 6. The number of nitrogens with one attached hydrogen (secondary N) is 1. The first-order valence-electron chi connectivity index (χ1n) is 13.0. The molecule has 0 fully saturated rings. The molecule has 0 atom stereocenters. The molecule has 39 heavy (non-hydrogen) atoms. The van der Waals surface area contributed by atoms with Crippen LogP contribution in [-0.2, 0) is 12.3 Å². The molecule has 6 heteroatoms. The Morgan fingerprint density at radius 2 is 1.72 bits per heavy atom. The quantitative estimate of drug-likeness (QED) is 0.191. The van der Waals surface area contributed by atoms with E-state index in [1.54, 1.807) is 17.8 Å². The average molecular weight is 602 g/mol. The molecule has 0 saturated carbocycles. The van der Waals surface area contributed by atoms with Crippen molar-refractivity contribution in [2.45, 2.75) is 57.4 Å². The summed E-state index contributed by atoms with van der Waals surface area (Å²) in [4.78, 5) is 15.1. The minimum atomic E-state index is -0.406. The van der Waals surface area contributed by atoms with Gasteiger partial charge < -0.3 is 15.0 Å². The van der Waals surface area contributed by atoms with E-state index in [9.17, 15) is 9.90 Å². The van der Waals surface area contributed by atoms with Crippen LogP contribution in [0, 0.1) is 13.8 Å². The molecular formula is C33H33BrN2O2S. The van der Waals surface area contributed by atoms with E-state index in [0.29, 0.717) is 22.3 Å². The van der Waals surface area contributed by atoms with Gasteiger partial charge >= 0.3 is 0 Å². The smallest absolute Gasteiger partial charge is 0.254 e. The molecule has 0 aliphatic heterocycles. The van der Waals surface area contributed by atoms with Gasteiger partial charge in [0.05, 0.1) is 15.6 Å². The Bertz CT molecular complexity index is 1710. The van der Waals surface area contributed by atoms with Crippen molar-refractivity contribution in [1.29, 1.82) is 0 Å². The summed E-state index contributed by atoms with van der Waals surface area (Å²) in [6, 6.07) is 24.9. The lowest BCUT2D eigenvalue weighted by Crippen LogP contribution is -2.40. The maximum atomic E-state index is 13.9. The van der Waals surface area contributed by atoms with Gasteiger partial charge in [0.15, 0.2) is 0 Å². The third kappa shape index (κ3) is 5.73. The fourth-order valence-electron chi connectivity index (χ4n) is 5.11. The summed E-state index contributed by atoms with van der Waals surface area (Å²) >= 11 is 5.25. The van der Waals surface area contributed by atoms with E-state index in [4.69, 9.17) is 0 Å². The van der Waals surface area contributed by atoms with Crippen molar-refractivity contribution in [3.8, 4) is 5.75 Å². The first-order valence-corrected chi connectivity index (χ1v) is 14.8. The minimum absolute atomic E-state index is 0.114. The molecule has 0 unspecified atom stereocenters. The number of amides is 1. The third-order valence-corrected chi connectivity index (χ3v) is 8.68. The molecule has 0 saturated heterocycles. The normalized spacial score (nSPS) is 11.8. The number of phenols is 1. The Morgan fingerprint density at radius 1 is 0.974 bits per heavy atom. The first-order chi connectivity index (χ1) is 18.5. The van der Waals surface area contributed by atoms with Gasteiger partial charge in [-0.15, -0.1) is 11.8 Å². The summed E-state index contributed by atoms with van der Waals surface area (Å²) in [5.41, 5.74) is 5.67. The molecule has 2 N–H and O–H groups in total. The van der Waals surface area contributed by atoms with Crippen LogP contribution in [-0.4, -0.2) is 21.1 Å². The molecule has 4 nitrogen and oxygen atoms in total. The van der Waals surface area contributed by atoms with Crippen molar-refractivity contribution in [3.63, 3.8) is 0 Å². The number of aromatic nitrogens is 1. The highest BCUT2D eigenvalue weighted by atomic mass is 79.9. The van der Waals surface area contributed by atoms with E-state index >= 15 is 0 Å². The van der Waals surface area contributed by atoms with E-state index in [0.717, 1.165) is 16.6 Å². The number of halogens is 1.